The highest BCUT2D eigenvalue weighted by molar-refractivity contribution is 5.50. The van der Waals surface area contributed by atoms with Gasteiger partial charge >= 0.3 is 0 Å². The van der Waals surface area contributed by atoms with Crippen LogP contribution in [0.2, 0.25) is 0 Å². The van der Waals surface area contributed by atoms with Crippen molar-refractivity contribution in [2.24, 2.45) is 5.73 Å². The van der Waals surface area contributed by atoms with Crippen molar-refractivity contribution in [1.82, 2.24) is 4.90 Å². The van der Waals surface area contributed by atoms with Gasteiger partial charge in [-0.2, -0.15) is 0 Å². The normalized spacial score (nSPS) is 25.3. The second-order valence-electron chi connectivity index (χ2n) is 7.58. The van der Waals surface area contributed by atoms with Gasteiger partial charge in [-0.15, -0.1) is 0 Å². The number of rotatable bonds is 3. The number of ether oxygens (including phenoxy) is 2. The molecule has 2 N–H and O–H groups in total. The summed E-state index contributed by atoms with van der Waals surface area (Å²) in [6, 6.07) is 13.7. The van der Waals surface area contributed by atoms with E-state index in [1.165, 1.54) is 22.3 Å². The van der Waals surface area contributed by atoms with Crippen molar-refractivity contribution < 1.29 is 9.47 Å². The number of hydrogen-bond donors (Lipinski definition) is 1. The Morgan fingerprint density at radius 3 is 2.42 bits per heavy atom. The number of methoxy groups -OCH3 is 2. The topological polar surface area (TPSA) is 47.7 Å². The molecule has 2 aliphatic rings. The quantitative estimate of drug-likeness (QED) is 0.919. The molecule has 138 valence electrons. The first-order chi connectivity index (χ1) is 12.6. The average Bonchev–Trinajstić information content (AvgIpc) is 2.67. The molecular weight excluding hydrogens is 324 g/mol. The van der Waals surface area contributed by atoms with Gasteiger partial charge in [-0.05, 0) is 48.6 Å². The van der Waals surface area contributed by atoms with Gasteiger partial charge in [-0.1, -0.05) is 29.8 Å². The molecule has 26 heavy (non-hydrogen) atoms. The minimum absolute atomic E-state index is 0.165. The zero-order valence-corrected chi connectivity index (χ0v) is 15.9. The number of nitrogens with two attached hydrogens (primary N) is 1. The van der Waals surface area contributed by atoms with Gasteiger partial charge < -0.3 is 15.2 Å². The number of nitrogens with zero attached hydrogens (tertiary/aromatic N) is 1. The third-order valence-corrected chi connectivity index (χ3v) is 6.06. The largest absolute Gasteiger partial charge is 0.493 e. The molecule has 0 spiro atoms. The maximum absolute atomic E-state index is 6.66. The molecule has 4 nitrogen and oxygen atoms in total. The highest BCUT2D eigenvalue weighted by atomic mass is 16.5. The van der Waals surface area contributed by atoms with Crippen LogP contribution in [0.3, 0.4) is 0 Å². The first-order valence-electron chi connectivity index (χ1n) is 9.41. The van der Waals surface area contributed by atoms with Crippen LogP contribution in [0.4, 0.5) is 0 Å². The van der Waals surface area contributed by atoms with E-state index in [0.29, 0.717) is 12.0 Å². The van der Waals surface area contributed by atoms with Gasteiger partial charge in [0.25, 0.3) is 0 Å². The van der Waals surface area contributed by atoms with Gasteiger partial charge in [0.2, 0.25) is 0 Å². The fraction of sp³-hybridized carbons (Fsp3) is 0.455. The van der Waals surface area contributed by atoms with Gasteiger partial charge in [0.15, 0.2) is 11.5 Å². The molecule has 2 aliphatic heterocycles. The van der Waals surface area contributed by atoms with Crippen LogP contribution in [0.15, 0.2) is 36.4 Å². The van der Waals surface area contributed by atoms with Crippen LogP contribution in [0.25, 0.3) is 0 Å². The number of benzene rings is 2. The summed E-state index contributed by atoms with van der Waals surface area (Å²) in [5, 5.41) is 0. The minimum atomic E-state index is 0.165. The van der Waals surface area contributed by atoms with Crippen molar-refractivity contribution in [3.8, 4) is 11.5 Å². The van der Waals surface area contributed by atoms with Crippen molar-refractivity contribution in [1.29, 1.82) is 0 Å². The monoisotopic (exact) mass is 352 g/mol. The Balaban J connectivity index is 1.63. The highest BCUT2D eigenvalue weighted by Gasteiger charge is 2.38. The molecule has 0 bridgehead atoms. The maximum Gasteiger partial charge on any atom is 0.161 e. The number of fused-ring (bicyclic) bond motifs is 3. The molecule has 3 atom stereocenters. The van der Waals surface area contributed by atoms with Crippen molar-refractivity contribution in [2.75, 3.05) is 27.3 Å². The Labute approximate surface area is 155 Å². The Morgan fingerprint density at radius 1 is 1.04 bits per heavy atom. The average molecular weight is 352 g/mol. The second-order valence-corrected chi connectivity index (χ2v) is 7.58. The van der Waals surface area contributed by atoms with Crippen molar-refractivity contribution in [3.05, 3.63) is 58.7 Å². The summed E-state index contributed by atoms with van der Waals surface area (Å²) in [5.74, 6) is 2.02. The fourth-order valence-electron chi connectivity index (χ4n) is 4.55. The molecule has 4 heteroatoms. The Morgan fingerprint density at radius 2 is 1.73 bits per heavy atom. The van der Waals surface area contributed by atoms with E-state index < -0.39 is 0 Å². The van der Waals surface area contributed by atoms with E-state index in [1.807, 2.05) is 0 Å². The van der Waals surface area contributed by atoms with Gasteiger partial charge in [0, 0.05) is 31.1 Å². The summed E-state index contributed by atoms with van der Waals surface area (Å²) in [4.78, 5) is 2.60. The molecular formula is C22H28N2O2. The van der Waals surface area contributed by atoms with Crippen LogP contribution >= 0.6 is 0 Å². The molecule has 0 aliphatic carbocycles. The van der Waals surface area contributed by atoms with Crippen LogP contribution < -0.4 is 15.2 Å². The van der Waals surface area contributed by atoms with Gasteiger partial charge in [0.1, 0.15) is 0 Å². The van der Waals surface area contributed by atoms with Crippen LogP contribution in [-0.2, 0) is 6.42 Å². The first-order valence-corrected chi connectivity index (χ1v) is 9.41. The van der Waals surface area contributed by atoms with Gasteiger partial charge in [-0.25, -0.2) is 0 Å². The molecule has 2 heterocycles. The summed E-state index contributed by atoms with van der Waals surface area (Å²) in [7, 11) is 3.40. The third-order valence-electron chi connectivity index (χ3n) is 6.06. The lowest BCUT2D eigenvalue weighted by Gasteiger charge is -2.46. The Kier molecular flexibility index (Phi) is 4.63. The van der Waals surface area contributed by atoms with Crippen LogP contribution in [0, 0.1) is 6.92 Å². The summed E-state index contributed by atoms with van der Waals surface area (Å²) in [6.45, 7) is 4.22. The fourth-order valence-corrected chi connectivity index (χ4v) is 4.55. The summed E-state index contributed by atoms with van der Waals surface area (Å²) in [5.41, 5.74) is 12.0. The van der Waals surface area contributed by atoms with E-state index in [-0.39, 0.29) is 6.04 Å². The van der Waals surface area contributed by atoms with Gasteiger partial charge in [-0.3, -0.25) is 4.90 Å². The molecule has 4 rings (SSSR count). The first kappa shape index (κ1) is 17.4. The molecule has 0 aromatic heterocycles. The van der Waals surface area contributed by atoms with Crippen molar-refractivity contribution in [3.63, 3.8) is 0 Å². The van der Waals surface area contributed by atoms with Crippen LogP contribution in [-0.4, -0.2) is 38.3 Å². The lowest BCUT2D eigenvalue weighted by molar-refractivity contribution is 0.109. The van der Waals surface area contributed by atoms with E-state index in [2.05, 4.69) is 48.2 Å². The Hall–Kier alpha value is -2.04. The standard InChI is InChI=1S/C22H28N2O2/c1-14-4-6-15(7-5-14)18-13-24-9-8-16-10-21(25-2)22(26-3)11-17(16)20(24)12-19(18)23/h4-7,10-11,18-20H,8-9,12-13,23H2,1-3H3/t18-,19+,20+/m1/s1. The van der Waals surface area contributed by atoms with Crippen LogP contribution in [0.5, 0.6) is 11.5 Å². The molecule has 0 saturated carbocycles. The number of hydrogen-bond acceptors (Lipinski definition) is 4. The van der Waals surface area contributed by atoms with E-state index in [9.17, 15) is 0 Å². The smallest absolute Gasteiger partial charge is 0.161 e. The zero-order valence-electron chi connectivity index (χ0n) is 15.9. The lowest BCUT2D eigenvalue weighted by Crippen LogP contribution is -2.49. The summed E-state index contributed by atoms with van der Waals surface area (Å²) >= 11 is 0. The van der Waals surface area contributed by atoms with E-state index in [1.54, 1.807) is 14.2 Å². The minimum Gasteiger partial charge on any atom is -0.493 e. The summed E-state index contributed by atoms with van der Waals surface area (Å²) in [6.07, 6.45) is 2.02. The zero-order chi connectivity index (χ0) is 18.3. The van der Waals surface area contributed by atoms with Gasteiger partial charge in [0.05, 0.1) is 14.2 Å². The molecule has 1 saturated heterocycles. The molecule has 0 amide bonds. The molecule has 0 radical (unpaired) electrons. The predicted molar refractivity (Wildman–Crippen MR) is 104 cm³/mol. The number of piperidine rings is 1. The highest BCUT2D eigenvalue weighted by Crippen LogP contribution is 2.44. The lowest BCUT2D eigenvalue weighted by atomic mass is 9.78. The molecule has 2 aromatic carbocycles. The SMILES string of the molecule is COc1cc2c(cc1OC)[C@@H]1C[C@H](N)[C@@H](c3ccc(C)cc3)CN1CC2. The molecule has 1 fully saturated rings. The predicted octanol–water partition coefficient (Wildman–Crippen LogP) is 3.43. The Bertz CT molecular complexity index is 787. The molecule has 0 unspecified atom stereocenters. The van der Waals surface area contributed by atoms with E-state index >= 15 is 0 Å². The number of aryl methyl sites for hydroxylation is 1. The van der Waals surface area contributed by atoms with E-state index in [4.69, 9.17) is 15.2 Å². The second kappa shape index (κ2) is 6.93. The van der Waals surface area contributed by atoms with Crippen molar-refractivity contribution in [2.45, 2.75) is 37.8 Å². The summed E-state index contributed by atoms with van der Waals surface area (Å²) < 4.78 is 11.0. The van der Waals surface area contributed by atoms with Crippen molar-refractivity contribution >= 4 is 0 Å². The van der Waals surface area contributed by atoms with E-state index in [0.717, 1.165) is 37.4 Å². The maximum atomic E-state index is 6.66. The molecule has 2 aromatic rings. The third kappa shape index (κ3) is 2.97. The van der Waals surface area contributed by atoms with Crippen LogP contribution in [0.1, 0.15) is 40.6 Å².